The first kappa shape index (κ1) is 17.5. The number of anilines is 1. The highest BCUT2D eigenvalue weighted by Gasteiger charge is 2.37. The number of piperazine rings is 1. The van der Waals surface area contributed by atoms with Crippen molar-refractivity contribution in [2.75, 3.05) is 32.1 Å². The van der Waals surface area contributed by atoms with Crippen molar-refractivity contribution in [1.29, 1.82) is 0 Å². The summed E-state index contributed by atoms with van der Waals surface area (Å²) in [5.41, 5.74) is 2.60. The van der Waals surface area contributed by atoms with E-state index in [1.807, 2.05) is 53.4 Å². The fraction of sp³-hybridized carbons (Fsp3) is 0.333. The molecule has 2 aromatic carbocycles. The predicted molar refractivity (Wildman–Crippen MR) is 103 cm³/mol. The van der Waals surface area contributed by atoms with Crippen LogP contribution in [0.15, 0.2) is 48.5 Å². The number of nitrogens with zero attached hydrogens (tertiary/aromatic N) is 1. The van der Waals surface area contributed by atoms with Crippen LogP contribution >= 0.6 is 0 Å². The van der Waals surface area contributed by atoms with E-state index in [1.54, 1.807) is 7.11 Å². The fourth-order valence-corrected chi connectivity index (χ4v) is 4.02. The van der Waals surface area contributed by atoms with Crippen LogP contribution in [-0.2, 0) is 9.59 Å². The molecule has 2 N–H and O–H groups in total. The molecule has 2 unspecified atom stereocenters. The minimum atomic E-state index is -0.453. The minimum absolute atomic E-state index is 0.00490. The van der Waals surface area contributed by atoms with Gasteiger partial charge in [0, 0.05) is 37.3 Å². The highest BCUT2D eigenvalue weighted by atomic mass is 16.5. The predicted octanol–water partition coefficient (Wildman–Crippen LogP) is 2.29. The summed E-state index contributed by atoms with van der Waals surface area (Å²) in [6.07, 6.45) is 0.179. The maximum absolute atomic E-state index is 13.5. The van der Waals surface area contributed by atoms with Gasteiger partial charge in [-0.1, -0.05) is 36.4 Å². The van der Waals surface area contributed by atoms with Gasteiger partial charge < -0.3 is 20.3 Å². The molecule has 0 saturated carbocycles. The van der Waals surface area contributed by atoms with Crippen molar-refractivity contribution in [3.63, 3.8) is 0 Å². The summed E-state index contributed by atoms with van der Waals surface area (Å²) < 4.78 is 5.52. The Labute approximate surface area is 158 Å². The largest absolute Gasteiger partial charge is 0.496 e. The number of carbonyl (C=O) groups excluding carboxylic acids is 2. The molecular weight excluding hydrogens is 342 g/mol. The van der Waals surface area contributed by atoms with Gasteiger partial charge in [0.25, 0.3) is 0 Å². The molecule has 2 aromatic rings. The van der Waals surface area contributed by atoms with Crippen molar-refractivity contribution in [2.45, 2.75) is 18.4 Å². The quantitative estimate of drug-likeness (QED) is 0.876. The molecule has 0 bridgehead atoms. The zero-order chi connectivity index (χ0) is 18.8. The third kappa shape index (κ3) is 3.28. The average molecular weight is 365 g/mol. The van der Waals surface area contributed by atoms with Crippen LogP contribution in [0.3, 0.4) is 0 Å². The van der Waals surface area contributed by atoms with Gasteiger partial charge in [-0.05, 0) is 17.7 Å². The highest BCUT2D eigenvalue weighted by Crippen LogP contribution is 2.37. The Balaban J connectivity index is 1.68. The second kappa shape index (κ2) is 7.40. The van der Waals surface area contributed by atoms with Crippen molar-refractivity contribution < 1.29 is 14.3 Å². The molecule has 1 fully saturated rings. The number of benzene rings is 2. The van der Waals surface area contributed by atoms with Gasteiger partial charge in [-0.15, -0.1) is 0 Å². The smallest absolute Gasteiger partial charge is 0.231 e. The van der Waals surface area contributed by atoms with Crippen LogP contribution in [0.2, 0.25) is 0 Å². The second-order valence-corrected chi connectivity index (χ2v) is 6.89. The van der Waals surface area contributed by atoms with Crippen molar-refractivity contribution in [3.8, 4) is 5.75 Å². The summed E-state index contributed by atoms with van der Waals surface area (Å²) in [4.78, 5) is 27.6. The maximum atomic E-state index is 13.5. The molecule has 2 atom stereocenters. The molecule has 0 aromatic heterocycles. The van der Waals surface area contributed by atoms with E-state index in [9.17, 15) is 9.59 Å². The fourth-order valence-electron chi connectivity index (χ4n) is 4.02. The monoisotopic (exact) mass is 365 g/mol. The van der Waals surface area contributed by atoms with Gasteiger partial charge in [0.05, 0.1) is 19.1 Å². The van der Waals surface area contributed by atoms with Crippen molar-refractivity contribution in [1.82, 2.24) is 10.2 Å². The van der Waals surface area contributed by atoms with Gasteiger partial charge in [0.2, 0.25) is 11.8 Å². The molecule has 2 aliphatic heterocycles. The molecule has 1 saturated heterocycles. The van der Waals surface area contributed by atoms with Gasteiger partial charge in [-0.25, -0.2) is 0 Å². The average Bonchev–Trinajstić information content (AvgIpc) is 2.72. The van der Waals surface area contributed by atoms with Gasteiger partial charge in [-0.2, -0.15) is 0 Å². The normalized spacial score (nSPS) is 22.0. The molecule has 140 valence electrons. The maximum Gasteiger partial charge on any atom is 0.231 e. The van der Waals surface area contributed by atoms with Crippen LogP contribution in [0.1, 0.15) is 29.5 Å². The van der Waals surface area contributed by atoms with E-state index < -0.39 is 5.92 Å². The lowest BCUT2D eigenvalue weighted by molar-refractivity contribution is -0.138. The van der Waals surface area contributed by atoms with Crippen LogP contribution in [0.5, 0.6) is 5.75 Å². The summed E-state index contributed by atoms with van der Waals surface area (Å²) in [6, 6.07) is 15.2. The van der Waals surface area contributed by atoms with E-state index in [-0.39, 0.29) is 24.3 Å². The zero-order valence-electron chi connectivity index (χ0n) is 15.3. The SMILES string of the molecule is COc1ccccc1C1CNCCN1C(=O)C1CC(=O)Nc2ccccc21. The Hall–Kier alpha value is -2.86. The number of hydrogen-bond acceptors (Lipinski definition) is 4. The standard InChI is InChI=1S/C21H23N3O3/c1-27-19-9-5-3-7-15(19)18-13-22-10-11-24(18)21(26)16-12-20(25)23-17-8-4-2-6-14(16)17/h2-9,16,18,22H,10-13H2,1H3,(H,23,25). The van der Waals surface area contributed by atoms with Crippen molar-refractivity contribution in [2.24, 2.45) is 0 Å². The number of fused-ring (bicyclic) bond motifs is 1. The number of ether oxygens (including phenoxy) is 1. The van der Waals surface area contributed by atoms with Gasteiger partial charge in [0.15, 0.2) is 0 Å². The molecule has 2 aliphatic rings. The summed E-state index contributed by atoms with van der Waals surface area (Å²) in [7, 11) is 1.64. The molecule has 0 radical (unpaired) electrons. The van der Waals surface area contributed by atoms with Crippen LogP contribution < -0.4 is 15.4 Å². The highest BCUT2D eigenvalue weighted by molar-refractivity contribution is 6.01. The van der Waals surface area contributed by atoms with Gasteiger partial charge in [0.1, 0.15) is 5.75 Å². The summed E-state index contributed by atoms with van der Waals surface area (Å²) in [5.74, 6) is 0.196. The van der Waals surface area contributed by atoms with Crippen LogP contribution in [0.25, 0.3) is 0 Å². The second-order valence-electron chi connectivity index (χ2n) is 6.89. The van der Waals surface area contributed by atoms with E-state index in [4.69, 9.17) is 4.74 Å². The third-order valence-electron chi connectivity index (χ3n) is 5.32. The Morgan fingerprint density at radius 3 is 2.67 bits per heavy atom. The number of carbonyl (C=O) groups is 2. The number of amides is 2. The summed E-state index contributed by atoms with van der Waals surface area (Å²) >= 11 is 0. The molecule has 0 aliphatic carbocycles. The first-order chi connectivity index (χ1) is 13.2. The third-order valence-corrected chi connectivity index (χ3v) is 5.32. The molecule has 6 heteroatoms. The molecule has 6 nitrogen and oxygen atoms in total. The van der Waals surface area contributed by atoms with E-state index >= 15 is 0 Å². The number of para-hydroxylation sites is 2. The lowest BCUT2D eigenvalue weighted by Gasteiger charge is -2.39. The molecule has 2 amide bonds. The van der Waals surface area contributed by atoms with Crippen molar-refractivity contribution in [3.05, 3.63) is 59.7 Å². The minimum Gasteiger partial charge on any atom is -0.496 e. The Bertz CT molecular complexity index is 867. The lowest BCUT2D eigenvalue weighted by atomic mass is 9.88. The van der Waals surface area contributed by atoms with Crippen molar-refractivity contribution >= 4 is 17.5 Å². The molecule has 27 heavy (non-hydrogen) atoms. The number of hydrogen-bond donors (Lipinski definition) is 2. The summed E-state index contributed by atoms with van der Waals surface area (Å²) in [6.45, 7) is 1.99. The Morgan fingerprint density at radius 2 is 1.85 bits per heavy atom. The first-order valence-electron chi connectivity index (χ1n) is 9.22. The molecule has 0 spiro atoms. The van der Waals surface area contributed by atoms with E-state index in [2.05, 4.69) is 10.6 Å². The number of nitrogens with one attached hydrogen (secondary N) is 2. The summed E-state index contributed by atoms with van der Waals surface area (Å²) in [5, 5.41) is 6.24. The topological polar surface area (TPSA) is 70.7 Å². The molecule has 4 rings (SSSR count). The molecular formula is C21H23N3O3. The Kier molecular flexibility index (Phi) is 4.81. The number of methoxy groups -OCH3 is 1. The number of rotatable bonds is 3. The van der Waals surface area contributed by atoms with Gasteiger partial charge >= 0.3 is 0 Å². The van der Waals surface area contributed by atoms with E-state index in [1.165, 1.54) is 0 Å². The van der Waals surface area contributed by atoms with Crippen LogP contribution in [0.4, 0.5) is 5.69 Å². The molecule has 2 heterocycles. The van der Waals surface area contributed by atoms with Crippen LogP contribution in [0, 0.1) is 0 Å². The first-order valence-corrected chi connectivity index (χ1v) is 9.22. The lowest BCUT2D eigenvalue weighted by Crippen LogP contribution is -2.50. The zero-order valence-corrected chi connectivity index (χ0v) is 15.3. The van der Waals surface area contributed by atoms with Gasteiger partial charge in [-0.3, -0.25) is 9.59 Å². The van der Waals surface area contributed by atoms with Crippen LogP contribution in [-0.4, -0.2) is 43.5 Å². The Morgan fingerprint density at radius 1 is 1.11 bits per heavy atom. The van der Waals surface area contributed by atoms with E-state index in [0.717, 1.165) is 29.1 Å². The van der Waals surface area contributed by atoms with E-state index in [0.29, 0.717) is 13.1 Å².